The molecule has 18 nitrogen and oxygen atoms in total. The van der Waals surface area contributed by atoms with Gasteiger partial charge in [-0.15, -0.1) is 0 Å². The summed E-state index contributed by atoms with van der Waals surface area (Å²) in [6.07, 6.45) is 5.17. The molecule has 3 N–H and O–H groups in total. The Morgan fingerprint density at radius 2 is 1.74 bits per heavy atom. The van der Waals surface area contributed by atoms with Gasteiger partial charge in [0.15, 0.2) is 11.4 Å². The number of alkyl halides is 2. The van der Waals surface area contributed by atoms with Crippen LogP contribution in [0.25, 0.3) is 28.2 Å². The van der Waals surface area contributed by atoms with Crippen molar-refractivity contribution in [3.05, 3.63) is 106 Å². The summed E-state index contributed by atoms with van der Waals surface area (Å²) < 4.78 is 49.2. The van der Waals surface area contributed by atoms with Crippen LogP contribution in [-0.2, 0) is 32.5 Å². The number of ether oxygens (including phenoxy) is 2. The average molecular weight is 895 g/mol. The average Bonchev–Trinajstić information content (AvgIpc) is 3.71. The molecular weight excluding hydrogens is 847 g/mol. The molecule has 2 fully saturated rings. The number of carbonyl (C=O) groups is 4. The third-order valence-corrected chi connectivity index (χ3v) is 11.4. The molecule has 1 aliphatic heterocycles. The number of carbonyl (C=O) groups excluding carboxylic acids is 4. The summed E-state index contributed by atoms with van der Waals surface area (Å²) in [6.45, 7) is 2.38. The lowest BCUT2D eigenvalue weighted by Crippen LogP contribution is -2.45. The molecule has 4 aromatic heterocycles. The van der Waals surface area contributed by atoms with E-state index in [0.717, 1.165) is 28.8 Å². The number of piperidine rings is 1. The highest BCUT2D eigenvalue weighted by Crippen LogP contribution is 2.31. The summed E-state index contributed by atoms with van der Waals surface area (Å²) in [5.41, 5.74) is 2.37. The molecule has 1 aliphatic carbocycles. The van der Waals surface area contributed by atoms with Gasteiger partial charge in [0.05, 0.1) is 48.4 Å². The molecule has 8 rings (SSSR count). The van der Waals surface area contributed by atoms with Crippen molar-refractivity contribution in [2.24, 2.45) is 13.0 Å². The number of amides is 4. The number of oxazole rings is 1. The number of benzene rings is 2. The molecule has 0 spiro atoms. The Morgan fingerprint density at radius 1 is 0.954 bits per heavy atom. The lowest BCUT2D eigenvalue weighted by molar-refractivity contribution is -0.149. The van der Waals surface area contributed by atoms with Gasteiger partial charge in [-0.25, -0.2) is 28.2 Å². The van der Waals surface area contributed by atoms with Crippen LogP contribution in [0.2, 0.25) is 0 Å². The van der Waals surface area contributed by atoms with Crippen molar-refractivity contribution in [3.8, 4) is 17.1 Å². The van der Waals surface area contributed by atoms with Gasteiger partial charge in [0.25, 0.3) is 24.1 Å². The van der Waals surface area contributed by atoms with Crippen molar-refractivity contribution in [2.75, 3.05) is 57.2 Å². The van der Waals surface area contributed by atoms with E-state index < -0.39 is 24.1 Å². The lowest BCUT2D eigenvalue weighted by Gasteiger charge is -2.28. The van der Waals surface area contributed by atoms with Crippen molar-refractivity contribution in [1.82, 2.24) is 39.1 Å². The maximum absolute atomic E-state index is 14.1. The fourth-order valence-electron chi connectivity index (χ4n) is 7.66. The first-order chi connectivity index (χ1) is 31.5. The molecule has 0 radical (unpaired) electrons. The van der Waals surface area contributed by atoms with Crippen LogP contribution in [0.1, 0.15) is 76.7 Å². The number of likely N-dealkylation sites (tertiary alicyclic amines) is 1. The lowest BCUT2D eigenvalue weighted by atomic mass is 10.0. The first kappa shape index (κ1) is 44.5. The van der Waals surface area contributed by atoms with Crippen molar-refractivity contribution < 1.29 is 41.8 Å². The van der Waals surface area contributed by atoms with E-state index in [1.165, 1.54) is 47.5 Å². The SMILES string of the molecule is CN1C(=O)CCC(n2c(=O)n(C)c3c(CCCOCCOCCNC(=O)c4ccc(-n5cc(NC(=O)c6coc(-c7ccnc(NCC8CC8)c7)n6)c(C(F)F)n5)cc4)cccc32)C1=O. The summed E-state index contributed by atoms with van der Waals surface area (Å²) in [5.74, 6) is -0.301. The van der Waals surface area contributed by atoms with Gasteiger partial charge in [0.1, 0.15) is 18.1 Å². The Kier molecular flexibility index (Phi) is 13.5. The van der Waals surface area contributed by atoms with E-state index in [2.05, 4.69) is 31.0 Å². The predicted octanol–water partition coefficient (Wildman–Crippen LogP) is 5.30. The van der Waals surface area contributed by atoms with E-state index in [1.807, 2.05) is 18.2 Å². The minimum Gasteiger partial charge on any atom is -0.444 e. The number of hydrogen-bond donors (Lipinski definition) is 3. The molecule has 65 heavy (non-hydrogen) atoms. The number of anilines is 2. The number of para-hydroxylation sites is 1. The summed E-state index contributed by atoms with van der Waals surface area (Å²) in [5, 5.41) is 12.5. The third kappa shape index (κ3) is 10.2. The van der Waals surface area contributed by atoms with Crippen molar-refractivity contribution in [1.29, 1.82) is 0 Å². The Morgan fingerprint density at radius 3 is 2.51 bits per heavy atom. The Labute approximate surface area is 370 Å². The summed E-state index contributed by atoms with van der Waals surface area (Å²) in [4.78, 5) is 73.7. The molecule has 0 bridgehead atoms. The van der Waals surface area contributed by atoms with Crippen molar-refractivity contribution in [3.63, 3.8) is 0 Å². The van der Waals surface area contributed by atoms with Gasteiger partial charge in [0, 0.05) is 57.5 Å². The summed E-state index contributed by atoms with van der Waals surface area (Å²) in [6, 6.07) is 14.5. The number of fused-ring (bicyclic) bond motifs is 1. The number of halogens is 2. The number of nitrogens with zero attached hydrogens (tertiary/aromatic N) is 7. The number of rotatable bonds is 20. The van der Waals surface area contributed by atoms with E-state index in [9.17, 15) is 32.8 Å². The van der Waals surface area contributed by atoms with Crippen LogP contribution in [0.4, 0.5) is 20.3 Å². The minimum absolute atomic E-state index is 0.113. The highest BCUT2D eigenvalue weighted by Gasteiger charge is 2.35. The van der Waals surface area contributed by atoms with Gasteiger partial charge in [-0.2, -0.15) is 5.10 Å². The van der Waals surface area contributed by atoms with Gasteiger partial charge >= 0.3 is 5.69 Å². The number of pyridine rings is 1. The molecule has 4 amide bonds. The number of imidazole rings is 1. The molecule has 340 valence electrons. The third-order valence-electron chi connectivity index (χ3n) is 11.4. The van der Waals surface area contributed by atoms with Crippen LogP contribution in [0.3, 0.4) is 0 Å². The Bertz CT molecular complexity index is 2760. The van der Waals surface area contributed by atoms with E-state index in [-0.39, 0.29) is 66.7 Å². The van der Waals surface area contributed by atoms with Crippen LogP contribution in [-0.4, -0.2) is 104 Å². The second-order valence-electron chi connectivity index (χ2n) is 15.9. The van der Waals surface area contributed by atoms with Gasteiger partial charge in [-0.05, 0) is 86.1 Å². The van der Waals surface area contributed by atoms with E-state index in [4.69, 9.17) is 13.9 Å². The number of hydrogen-bond acceptors (Lipinski definition) is 12. The standard InChI is InChI=1S/C45H48F2N10O8/c1-54-37(58)15-14-35(44(54)61)57-34-7-3-5-28(39(34)55(2)45(57)62)6-4-19-63-21-22-64-20-18-49-41(59)29-10-12-31(13-11-29)56-25-32(38(53-56)40(46)47)51-42(60)33-26-65-43(52-33)30-16-17-48-36(23-30)50-24-27-8-9-27/h3,5,7,10-13,16-17,23,25-27,35,40H,4,6,8-9,14-15,18-22,24H2,1-2H3,(H,48,50)(H,49,59)(H,51,60). The predicted molar refractivity (Wildman–Crippen MR) is 233 cm³/mol. The van der Waals surface area contributed by atoms with Crippen LogP contribution in [0.5, 0.6) is 0 Å². The first-order valence-electron chi connectivity index (χ1n) is 21.3. The molecule has 1 saturated heterocycles. The zero-order valence-corrected chi connectivity index (χ0v) is 35.8. The van der Waals surface area contributed by atoms with Crippen molar-refractivity contribution in [2.45, 2.75) is 51.0 Å². The van der Waals surface area contributed by atoms with Crippen molar-refractivity contribution >= 4 is 46.2 Å². The number of aryl methyl sites for hydroxylation is 2. The number of nitrogens with one attached hydrogen (secondary N) is 3. The number of aromatic nitrogens is 6. The zero-order valence-electron chi connectivity index (χ0n) is 35.8. The molecule has 1 unspecified atom stereocenters. The highest BCUT2D eigenvalue weighted by atomic mass is 19.3. The quantitative estimate of drug-likeness (QED) is 0.0659. The molecule has 2 aliphatic rings. The fraction of sp³-hybridized carbons (Fsp3) is 0.378. The van der Waals surface area contributed by atoms with Gasteiger partial charge < -0.3 is 29.8 Å². The second kappa shape index (κ2) is 19.8. The largest absolute Gasteiger partial charge is 0.444 e. The molecule has 1 saturated carbocycles. The monoisotopic (exact) mass is 894 g/mol. The van der Waals surface area contributed by atoms with Crippen LogP contribution in [0, 0.1) is 5.92 Å². The molecule has 5 heterocycles. The van der Waals surface area contributed by atoms with E-state index >= 15 is 0 Å². The Hall–Kier alpha value is -7.06. The summed E-state index contributed by atoms with van der Waals surface area (Å²) >= 11 is 0. The maximum atomic E-state index is 14.1. The molecule has 2 aromatic carbocycles. The topological polar surface area (TPSA) is 210 Å². The van der Waals surface area contributed by atoms with Crippen LogP contribution in [0.15, 0.2) is 82.5 Å². The van der Waals surface area contributed by atoms with Gasteiger partial charge in [-0.1, -0.05) is 12.1 Å². The van der Waals surface area contributed by atoms with Crippen LogP contribution >= 0.6 is 0 Å². The number of likely N-dealkylation sites (N-methyl/N-ethyl adjacent to an activating group) is 1. The highest BCUT2D eigenvalue weighted by molar-refractivity contribution is 6.03. The second-order valence-corrected chi connectivity index (χ2v) is 15.9. The molecule has 20 heteroatoms. The van der Waals surface area contributed by atoms with Crippen LogP contribution < -0.4 is 21.6 Å². The first-order valence-corrected chi connectivity index (χ1v) is 21.3. The zero-order chi connectivity index (χ0) is 45.6. The number of imide groups is 1. The fourth-order valence-corrected chi connectivity index (χ4v) is 7.66. The van der Waals surface area contributed by atoms with Gasteiger partial charge in [0.2, 0.25) is 11.8 Å². The minimum atomic E-state index is -3.00. The normalized spacial score (nSPS) is 15.3. The van der Waals surface area contributed by atoms with E-state index in [1.54, 1.807) is 42.1 Å². The molecular formula is C45H48F2N10O8. The van der Waals surface area contributed by atoms with Gasteiger partial charge in [-0.3, -0.25) is 33.2 Å². The smallest absolute Gasteiger partial charge is 0.329 e. The van der Waals surface area contributed by atoms with E-state index in [0.29, 0.717) is 66.7 Å². The summed E-state index contributed by atoms with van der Waals surface area (Å²) in [7, 11) is 3.13. The molecule has 1 atom stereocenters. The maximum Gasteiger partial charge on any atom is 0.329 e. The Balaban J connectivity index is 0.754. The molecule has 6 aromatic rings.